The molecule has 1 amide bonds. The first kappa shape index (κ1) is 19.6. The molecule has 27 heavy (non-hydrogen) atoms. The first-order valence-corrected chi connectivity index (χ1v) is 10.5. The van der Waals surface area contributed by atoms with Crippen LogP contribution in [0.2, 0.25) is 0 Å². The number of amides is 1. The molecule has 1 N–H and O–H groups in total. The molecular weight excluding hydrogens is 366 g/mol. The highest BCUT2D eigenvalue weighted by atomic mass is 32.1. The van der Waals surface area contributed by atoms with Crippen LogP contribution in [-0.2, 0) is 17.9 Å². The molecule has 0 aliphatic carbocycles. The van der Waals surface area contributed by atoms with E-state index in [-0.39, 0.29) is 24.1 Å². The summed E-state index contributed by atoms with van der Waals surface area (Å²) in [7, 11) is 0. The molecule has 148 valence electrons. The summed E-state index contributed by atoms with van der Waals surface area (Å²) in [6, 6.07) is 0.0286. The van der Waals surface area contributed by atoms with E-state index >= 15 is 0 Å². The third kappa shape index (κ3) is 3.92. The van der Waals surface area contributed by atoms with Crippen molar-refractivity contribution < 1.29 is 4.79 Å². The average molecular weight is 394 g/mol. The van der Waals surface area contributed by atoms with Crippen LogP contribution >= 0.6 is 11.3 Å². The highest BCUT2D eigenvalue weighted by molar-refractivity contribution is 7.22. The Balaban J connectivity index is 2.09. The van der Waals surface area contributed by atoms with Crippen molar-refractivity contribution in [1.82, 2.24) is 19.4 Å². The van der Waals surface area contributed by atoms with Crippen molar-refractivity contribution in [2.45, 2.75) is 65.6 Å². The van der Waals surface area contributed by atoms with Crippen LogP contribution < -0.4 is 21.5 Å². The fraction of sp³-hybridized carbons (Fsp3) is 0.667. The lowest BCUT2D eigenvalue weighted by molar-refractivity contribution is -0.122. The molecule has 1 aliphatic rings. The van der Waals surface area contributed by atoms with E-state index < -0.39 is 5.69 Å². The smallest absolute Gasteiger partial charge is 0.333 e. The lowest BCUT2D eigenvalue weighted by Crippen LogP contribution is -2.43. The van der Waals surface area contributed by atoms with E-state index in [1.807, 2.05) is 20.8 Å². The van der Waals surface area contributed by atoms with Crippen molar-refractivity contribution in [1.29, 1.82) is 0 Å². The summed E-state index contributed by atoms with van der Waals surface area (Å²) < 4.78 is 3.02. The average Bonchev–Trinajstić information content (AvgIpc) is 3.31. The minimum Gasteiger partial charge on any atom is -0.352 e. The third-order valence-corrected chi connectivity index (χ3v) is 5.99. The van der Waals surface area contributed by atoms with E-state index in [1.165, 1.54) is 20.5 Å². The molecule has 8 nitrogen and oxygen atoms in total. The van der Waals surface area contributed by atoms with Gasteiger partial charge >= 0.3 is 5.69 Å². The topological polar surface area (TPSA) is 89.2 Å². The van der Waals surface area contributed by atoms with Crippen molar-refractivity contribution >= 4 is 32.7 Å². The molecule has 0 saturated carbocycles. The zero-order valence-corrected chi connectivity index (χ0v) is 17.0. The molecule has 0 unspecified atom stereocenters. The highest BCUT2D eigenvalue weighted by Crippen LogP contribution is 2.28. The number of thiazole rings is 1. The fourth-order valence-electron chi connectivity index (χ4n) is 3.24. The van der Waals surface area contributed by atoms with Gasteiger partial charge in [-0.1, -0.05) is 25.2 Å². The number of rotatable bonds is 7. The predicted molar refractivity (Wildman–Crippen MR) is 108 cm³/mol. The van der Waals surface area contributed by atoms with Crippen molar-refractivity contribution in [3.05, 3.63) is 20.8 Å². The summed E-state index contributed by atoms with van der Waals surface area (Å²) in [4.78, 5) is 44.9. The van der Waals surface area contributed by atoms with Gasteiger partial charge < -0.3 is 10.2 Å². The molecule has 0 aromatic carbocycles. The van der Waals surface area contributed by atoms with Crippen molar-refractivity contribution in [3.63, 3.8) is 0 Å². The Hall–Kier alpha value is -2.16. The predicted octanol–water partition coefficient (Wildman–Crippen LogP) is 1.54. The Morgan fingerprint density at radius 3 is 2.56 bits per heavy atom. The normalized spacial score (nSPS) is 15.4. The first-order valence-electron chi connectivity index (χ1n) is 9.64. The zero-order valence-electron chi connectivity index (χ0n) is 16.2. The van der Waals surface area contributed by atoms with Crippen molar-refractivity contribution in [2.75, 3.05) is 18.0 Å². The third-order valence-electron chi connectivity index (χ3n) is 4.90. The van der Waals surface area contributed by atoms with Crippen LogP contribution in [0.4, 0.5) is 5.13 Å². The largest absolute Gasteiger partial charge is 0.352 e. The number of nitrogens with one attached hydrogen (secondary N) is 1. The molecule has 0 spiro atoms. The quantitative estimate of drug-likeness (QED) is 0.771. The summed E-state index contributed by atoms with van der Waals surface area (Å²) in [5, 5.41) is 3.63. The molecule has 1 aliphatic heterocycles. The molecule has 3 heterocycles. The summed E-state index contributed by atoms with van der Waals surface area (Å²) in [6.45, 7) is 7.83. The van der Waals surface area contributed by atoms with E-state index in [2.05, 4.69) is 15.2 Å². The van der Waals surface area contributed by atoms with Crippen molar-refractivity contribution in [3.8, 4) is 0 Å². The first-order chi connectivity index (χ1) is 13.0. The van der Waals surface area contributed by atoms with Gasteiger partial charge in [0.2, 0.25) is 5.91 Å². The number of aromatic nitrogens is 3. The Labute approximate surface area is 161 Å². The summed E-state index contributed by atoms with van der Waals surface area (Å²) >= 11 is 1.32. The van der Waals surface area contributed by atoms with Gasteiger partial charge in [-0.25, -0.2) is 9.78 Å². The van der Waals surface area contributed by atoms with Gasteiger partial charge in [-0.2, -0.15) is 0 Å². The van der Waals surface area contributed by atoms with Gasteiger partial charge in [0, 0.05) is 25.7 Å². The van der Waals surface area contributed by atoms with Crippen LogP contribution in [0.15, 0.2) is 9.59 Å². The Kier molecular flexibility index (Phi) is 5.98. The molecule has 0 radical (unpaired) electrons. The van der Waals surface area contributed by atoms with Gasteiger partial charge in [-0.05, 0) is 32.6 Å². The van der Waals surface area contributed by atoms with Crippen LogP contribution in [0.3, 0.4) is 0 Å². The monoisotopic (exact) mass is 393 g/mol. The van der Waals surface area contributed by atoms with Crippen LogP contribution in [-0.4, -0.2) is 39.2 Å². The van der Waals surface area contributed by atoms with Crippen molar-refractivity contribution in [2.24, 2.45) is 0 Å². The number of hydrogen-bond donors (Lipinski definition) is 1. The Bertz CT molecular complexity index is 939. The second-order valence-corrected chi connectivity index (χ2v) is 8.02. The van der Waals surface area contributed by atoms with E-state index in [0.717, 1.165) is 37.5 Å². The minimum atomic E-state index is -0.466. The van der Waals surface area contributed by atoms with Gasteiger partial charge in [0.05, 0.1) is 0 Å². The number of carbonyl (C=O) groups excluding carboxylic acids is 1. The molecule has 9 heteroatoms. The molecule has 2 aromatic heterocycles. The zero-order chi connectivity index (χ0) is 19.6. The maximum atomic E-state index is 12.9. The van der Waals surface area contributed by atoms with Crippen LogP contribution in [0.25, 0.3) is 10.3 Å². The molecule has 1 saturated heterocycles. The molecule has 0 bridgehead atoms. The van der Waals surface area contributed by atoms with Gasteiger partial charge in [0.25, 0.3) is 5.56 Å². The van der Waals surface area contributed by atoms with Crippen LogP contribution in [0.5, 0.6) is 0 Å². The lowest BCUT2D eigenvalue weighted by atomic mass is 10.2. The number of anilines is 1. The number of hydrogen-bond acceptors (Lipinski definition) is 6. The fourth-order valence-corrected chi connectivity index (χ4v) is 4.31. The van der Waals surface area contributed by atoms with Crippen LogP contribution in [0, 0.1) is 0 Å². The SMILES string of the molecule is CCCn1c(=O)c2sc(N3CCCC3)nc2n(CC(=O)N[C@@H](C)CC)c1=O. The summed E-state index contributed by atoms with van der Waals surface area (Å²) in [5.41, 5.74) is -0.450. The number of nitrogens with zero attached hydrogens (tertiary/aromatic N) is 4. The van der Waals surface area contributed by atoms with E-state index in [0.29, 0.717) is 23.3 Å². The Morgan fingerprint density at radius 2 is 1.93 bits per heavy atom. The lowest BCUT2D eigenvalue weighted by Gasteiger charge is -2.14. The standard InChI is InChI=1S/C18H27N5O3S/c1-4-8-22-16(25)14-15(20-17(27-14)21-9-6-7-10-21)23(18(22)26)11-13(24)19-12(3)5-2/h12H,4-11H2,1-3H3,(H,19,24)/t12-/m0/s1. The van der Waals surface area contributed by atoms with Gasteiger partial charge in [-0.15, -0.1) is 0 Å². The number of fused-ring (bicyclic) bond motifs is 1. The molecule has 1 atom stereocenters. The second kappa shape index (κ2) is 8.24. The van der Waals surface area contributed by atoms with E-state index in [1.54, 1.807) is 0 Å². The highest BCUT2D eigenvalue weighted by Gasteiger charge is 2.23. The van der Waals surface area contributed by atoms with E-state index in [9.17, 15) is 14.4 Å². The van der Waals surface area contributed by atoms with Gasteiger partial charge in [0.1, 0.15) is 11.2 Å². The maximum absolute atomic E-state index is 12.9. The molecule has 2 aromatic rings. The maximum Gasteiger partial charge on any atom is 0.333 e. The summed E-state index contributed by atoms with van der Waals surface area (Å²) in [5.74, 6) is -0.245. The minimum absolute atomic E-state index is 0.0286. The Morgan fingerprint density at radius 1 is 1.22 bits per heavy atom. The summed E-state index contributed by atoms with van der Waals surface area (Å²) in [6.07, 6.45) is 3.67. The van der Waals surface area contributed by atoms with Crippen LogP contribution in [0.1, 0.15) is 46.5 Å². The van der Waals surface area contributed by atoms with Gasteiger partial charge in [0.15, 0.2) is 10.8 Å². The molecule has 1 fully saturated rings. The second-order valence-electron chi connectivity index (χ2n) is 7.05. The van der Waals surface area contributed by atoms with E-state index in [4.69, 9.17) is 0 Å². The number of carbonyl (C=O) groups is 1. The molecular formula is C18H27N5O3S. The molecule has 3 rings (SSSR count). The van der Waals surface area contributed by atoms with Gasteiger partial charge in [-0.3, -0.25) is 18.7 Å².